The van der Waals surface area contributed by atoms with Crippen LogP contribution in [0.15, 0.2) is 62.4 Å². The number of methoxy groups -OCH3 is 1. The summed E-state index contributed by atoms with van der Waals surface area (Å²) in [5.41, 5.74) is 5.97. The van der Waals surface area contributed by atoms with Crippen molar-refractivity contribution < 1.29 is 14.3 Å². The Morgan fingerprint density at radius 2 is 1.93 bits per heavy atom. The number of aryl methyl sites for hydroxylation is 2. The number of rotatable bonds is 4. The second-order valence-corrected chi connectivity index (χ2v) is 7.71. The lowest BCUT2D eigenvalue weighted by atomic mass is 10.1. The third kappa shape index (κ3) is 3.89. The molecule has 0 amide bonds. The first-order valence-electron chi connectivity index (χ1n) is 9.03. The summed E-state index contributed by atoms with van der Waals surface area (Å²) in [5.74, 6) is 1.02. The minimum Gasteiger partial charge on any atom is -0.504 e. The number of hydrogen-bond acceptors (Lipinski definition) is 5. The van der Waals surface area contributed by atoms with Gasteiger partial charge in [-0.25, -0.2) is 4.98 Å². The summed E-state index contributed by atoms with van der Waals surface area (Å²) in [5, 5.41) is 10.3. The molecule has 146 valence electrons. The van der Waals surface area contributed by atoms with Gasteiger partial charge in [-0.05, 0) is 67.4 Å². The van der Waals surface area contributed by atoms with E-state index in [1.807, 2.05) is 50.2 Å². The van der Waals surface area contributed by atoms with Crippen molar-refractivity contribution in [3.05, 3.63) is 69.7 Å². The van der Waals surface area contributed by atoms with E-state index in [1.165, 1.54) is 7.11 Å². The van der Waals surface area contributed by atoms with E-state index in [1.54, 1.807) is 18.3 Å². The zero-order valence-corrected chi connectivity index (χ0v) is 17.8. The van der Waals surface area contributed by atoms with Crippen molar-refractivity contribution in [2.24, 2.45) is 4.99 Å². The zero-order valence-electron chi connectivity index (χ0n) is 16.2. The Bertz CT molecular complexity index is 1240. The van der Waals surface area contributed by atoms with Gasteiger partial charge in [0.1, 0.15) is 5.52 Å². The van der Waals surface area contributed by atoms with Gasteiger partial charge in [0.05, 0.1) is 12.8 Å². The fourth-order valence-corrected chi connectivity index (χ4v) is 3.54. The average molecular weight is 451 g/mol. The predicted octanol–water partition coefficient (Wildman–Crippen LogP) is 6.34. The summed E-state index contributed by atoms with van der Waals surface area (Å²) >= 11 is 3.41. The molecule has 1 aromatic heterocycles. The van der Waals surface area contributed by atoms with Gasteiger partial charge >= 0.3 is 0 Å². The maximum atomic E-state index is 10.3. The standard InChI is InChI=1S/C23H19BrN2O3/c1-13-4-7-20-19(8-13)26-23(29-20)15-5-6-18(14(2)9-15)25-12-16-10-17(24)11-21(28-3)22(16)27/h4-12,27H,1-3H3. The lowest BCUT2D eigenvalue weighted by Crippen LogP contribution is -1.89. The first kappa shape index (κ1) is 19.2. The summed E-state index contributed by atoms with van der Waals surface area (Å²) in [7, 11) is 1.51. The Hall–Kier alpha value is -3.12. The molecular weight excluding hydrogens is 432 g/mol. The molecule has 0 fully saturated rings. The normalized spacial score (nSPS) is 11.4. The van der Waals surface area contributed by atoms with Gasteiger partial charge in [-0.1, -0.05) is 22.0 Å². The molecule has 0 spiro atoms. The van der Waals surface area contributed by atoms with E-state index in [0.717, 1.165) is 38.0 Å². The molecule has 29 heavy (non-hydrogen) atoms. The highest BCUT2D eigenvalue weighted by molar-refractivity contribution is 9.10. The highest BCUT2D eigenvalue weighted by atomic mass is 79.9. The molecular formula is C23H19BrN2O3. The maximum absolute atomic E-state index is 10.3. The fourth-order valence-electron chi connectivity index (χ4n) is 3.08. The number of aromatic hydroxyl groups is 1. The number of halogens is 1. The van der Waals surface area contributed by atoms with Gasteiger partial charge < -0.3 is 14.3 Å². The molecule has 4 rings (SSSR count). The van der Waals surface area contributed by atoms with Crippen LogP contribution in [0.5, 0.6) is 11.5 Å². The van der Waals surface area contributed by atoms with E-state index in [2.05, 4.69) is 25.9 Å². The van der Waals surface area contributed by atoms with Crippen molar-refractivity contribution in [2.75, 3.05) is 7.11 Å². The molecule has 1 N–H and O–H groups in total. The maximum Gasteiger partial charge on any atom is 0.227 e. The van der Waals surface area contributed by atoms with E-state index < -0.39 is 0 Å². The van der Waals surface area contributed by atoms with Crippen molar-refractivity contribution in [1.29, 1.82) is 0 Å². The van der Waals surface area contributed by atoms with Crippen molar-refractivity contribution >= 4 is 38.9 Å². The Balaban J connectivity index is 1.65. The molecule has 0 saturated heterocycles. The molecule has 0 radical (unpaired) electrons. The van der Waals surface area contributed by atoms with E-state index in [4.69, 9.17) is 9.15 Å². The monoisotopic (exact) mass is 450 g/mol. The number of fused-ring (bicyclic) bond motifs is 1. The molecule has 0 unspecified atom stereocenters. The summed E-state index contributed by atoms with van der Waals surface area (Å²) in [4.78, 5) is 9.12. The van der Waals surface area contributed by atoms with Crippen LogP contribution >= 0.6 is 15.9 Å². The SMILES string of the molecule is COc1cc(Br)cc(C=Nc2ccc(-c3nc4cc(C)ccc4o3)cc2C)c1O. The van der Waals surface area contributed by atoms with E-state index in [0.29, 0.717) is 17.2 Å². The minimum atomic E-state index is 0.0514. The third-order valence-corrected chi connectivity index (χ3v) is 5.08. The van der Waals surface area contributed by atoms with Crippen LogP contribution in [0.1, 0.15) is 16.7 Å². The second kappa shape index (κ2) is 7.72. The minimum absolute atomic E-state index is 0.0514. The Morgan fingerprint density at radius 1 is 1.10 bits per heavy atom. The van der Waals surface area contributed by atoms with Gasteiger partial charge in [0.15, 0.2) is 17.1 Å². The van der Waals surface area contributed by atoms with Crippen LogP contribution < -0.4 is 4.74 Å². The summed E-state index contributed by atoms with van der Waals surface area (Å²) in [6.45, 7) is 4.01. The van der Waals surface area contributed by atoms with Crippen LogP contribution in [-0.4, -0.2) is 23.4 Å². The first-order valence-corrected chi connectivity index (χ1v) is 9.82. The average Bonchev–Trinajstić information content (AvgIpc) is 3.12. The predicted molar refractivity (Wildman–Crippen MR) is 119 cm³/mol. The Kier molecular flexibility index (Phi) is 5.11. The van der Waals surface area contributed by atoms with Crippen molar-refractivity contribution in [3.63, 3.8) is 0 Å². The number of ether oxygens (including phenoxy) is 1. The van der Waals surface area contributed by atoms with Crippen molar-refractivity contribution in [2.45, 2.75) is 13.8 Å². The molecule has 0 aliphatic carbocycles. The molecule has 0 atom stereocenters. The number of hydrogen-bond donors (Lipinski definition) is 1. The number of phenolic OH excluding ortho intramolecular Hbond substituents is 1. The Labute approximate surface area is 176 Å². The van der Waals surface area contributed by atoms with Crippen LogP contribution in [-0.2, 0) is 0 Å². The second-order valence-electron chi connectivity index (χ2n) is 6.80. The number of nitrogens with zero attached hydrogens (tertiary/aromatic N) is 2. The molecule has 0 bridgehead atoms. The Morgan fingerprint density at radius 3 is 2.69 bits per heavy atom. The number of aromatic nitrogens is 1. The molecule has 1 heterocycles. The summed E-state index contributed by atoms with van der Waals surface area (Å²) < 4.78 is 11.9. The van der Waals surface area contributed by atoms with Crippen LogP contribution in [0, 0.1) is 13.8 Å². The van der Waals surface area contributed by atoms with Gasteiger partial charge in [0, 0.05) is 21.8 Å². The van der Waals surface area contributed by atoms with E-state index in [-0.39, 0.29) is 5.75 Å². The number of phenols is 1. The molecule has 6 heteroatoms. The molecule has 0 aliphatic rings. The van der Waals surface area contributed by atoms with Crippen LogP contribution in [0.2, 0.25) is 0 Å². The van der Waals surface area contributed by atoms with Crippen LogP contribution in [0.4, 0.5) is 5.69 Å². The topological polar surface area (TPSA) is 67.9 Å². The van der Waals surface area contributed by atoms with Gasteiger partial charge in [-0.2, -0.15) is 0 Å². The quantitative estimate of drug-likeness (QED) is 0.368. The van der Waals surface area contributed by atoms with Gasteiger partial charge in [0.25, 0.3) is 0 Å². The largest absolute Gasteiger partial charge is 0.504 e. The highest BCUT2D eigenvalue weighted by Crippen LogP contribution is 2.33. The van der Waals surface area contributed by atoms with E-state index >= 15 is 0 Å². The molecule has 0 saturated carbocycles. The van der Waals surface area contributed by atoms with Gasteiger partial charge in [-0.3, -0.25) is 4.99 Å². The number of aliphatic imine (C=N–C) groups is 1. The third-order valence-electron chi connectivity index (χ3n) is 4.62. The molecule has 4 aromatic rings. The van der Waals surface area contributed by atoms with E-state index in [9.17, 15) is 5.11 Å². The molecule has 3 aromatic carbocycles. The number of oxazole rings is 1. The lowest BCUT2D eigenvalue weighted by molar-refractivity contribution is 0.373. The van der Waals surface area contributed by atoms with Crippen LogP contribution in [0.25, 0.3) is 22.6 Å². The van der Waals surface area contributed by atoms with Crippen LogP contribution in [0.3, 0.4) is 0 Å². The molecule has 0 aliphatic heterocycles. The smallest absolute Gasteiger partial charge is 0.227 e. The van der Waals surface area contributed by atoms with Crippen molar-refractivity contribution in [1.82, 2.24) is 4.98 Å². The van der Waals surface area contributed by atoms with Gasteiger partial charge in [-0.15, -0.1) is 0 Å². The van der Waals surface area contributed by atoms with Gasteiger partial charge in [0.2, 0.25) is 5.89 Å². The highest BCUT2D eigenvalue weighted by Gasteiger charge is 2.11. The zero-order chi connectivity index (χ0) is 20.5. The lowest BCUT2D eigenvalue weighted by Gasteiger charge is -2.07. The molecule has 5 nitrogen and oxygen atoms in total. The number of benzene rings is 3. The summed E-state index contributed by atoms with van der Waals surface area (Å²) in [6, 6.07) is 15.3. The first-order chi connectivity index (χ1) is 13.9. The van der Waals surface area contributed by atoms with Crippen molar-refractivity contribution in [3.8, 4) is 23.0 Å². The summed E-state index contributed by atoms with van der Waals surface area (Å²) in [6.07, 6.45) is 1.62. The fraction of sp³-hybridized carbons (Fsp3) is 0.130.